The summed E-state index contributed by atoms with van der Waals surface area (Å²) >= 11 is 0. The van der Waals surface area contributed by atoms with Crippen molar-refractivity contribution in [3.05, 3.63) is 89.5 Å². The van der Waals surface area contributed by atoms with Crippen molar-refractivity contribution in [3.8, 4) is 16.9 Å². The molecule has 0 spiro atoms. The molecule has 0 saturated heterocycles. The first-order valence-corrected chi connectivity index (χ1v) is 10.1. The van der Waals surface area contributed by atoms with Gasteiger partial charge in [0.05, 0.1) is 0 Å². The second kappa shape index (κ2) is 8.82. The molecular weight excluding hydrogens is 360 g/mol. The van der Waals surface area contributed by atoms with E-state index in [2.05, 4.69) is 41.6 Å². The zero-order valence-corrected chi connectivity index (χ0v) is 16.4. The topological polar surface area (TPSA) is 67.8 Å². The number of amidine groups is 1. The standard InChI is InChI=1S/C25H26N2O2/c26-25(27-28)21-12-15-23(24(16-21)19-8-4-5-9-19)20-10-13-22(14-11-20)29-17-18-6-2-1-3-7-18/h1-3,6-7,10-16,19,28H,4-5,8-9,17H2,(H2,26,27). The lowest BCUT2D eigenvalue weighted by Crippen LogP contribution is -2.14. The molecule has 0 heterocycles. The molecule has 0 atom stereocenters. The largest absolute Gasteiger partial charge is 0.489 e. The van der Waals surface area contributed by atoms with Crippen LogP contribution < -0.4 is 10.5 Å². The summed E-state index contributed by atoms with van der Waals surface area (Å²) in [6.45, 7) is 0.558. The first-order valence-electron chi connectivity index (χ1n) is 10.1. The third-order valence-corrected chi connectivity index (χ3v) is 5.66. The lowest BCUT2D eigenvalue weighted by molar-refractivity contribution is 0.306. The lowest BCUT2D eigenvalue weighted by atomic mass is 9.88. The number of hydrogen-bond acceptors (Lipinski definition) is 3. The molecule has 3 aromatic rings. The molecule has 4 rings (SSSR count). The maximum Gasteiger partial charge on any atom is 0.170 e. The number of benzene rings is 3. The van der Waals surface area contributed by atoms with Crippen LogP contribution in [0.4, 0.5) is 0 Å². The molecule has 0 aliphatic heterocycles. The molecule has 148 valence electrons. The van der Waals surface area contributed by atoms with Gasteiger partial charge in [0, 0.05) is 5.56 Å². The second-order valence-corrected chi connectivity index (χ2v) is 7.57. The van der Waals surface area contributed by atoms with Gasteiger partial charge in [-0.15, -0.1) is 0 Å². The minimum Gasteiger partial charge on any atom is -0.489 e. The molecule has 4 nitrogen and oxygen atoms in total. The fourth-order valence-corrected chi connectivity index (χ4v) is 4.09. The van der Waals surface area contributed by atoms with E-state index >= 15 is 0 Å². The Morgan fingerprint density at radius 1 is 0.966 bits per heavy atom. The molecule has 1 aliphatic carbocycles. The van der Waals surface area contributed by atoms with Gasteiger partial charge in [0.2, 0.25) is 0 Å². The zero-order chi connectivity index (χ0) is 20.1. The molecule has 1 saturated carbocycles. The molecule has 1 fully saturated rings. The highest BCUT2D eigenvalue weighted by atomic mass is 16.5. The first kappa shape index (κ1) is 19.1. The molecule has 0 amide bonds. The Labute approximate surface area is 171 Å². The molecule has 0 radical (unpaired) electrons. The van der Waals surface area contributed by atoms with Gasteiger partial charge >= 0.3 is 0 Å². The van der Waals surface area contributed by atoms with Crippen molar-refractivity contribution >= 4 is 5.84 Å². The van der Waals surface area contributed by atoms with E-state index in [1.54, 1.807) is 0 Å². The fraction of sp³-hybridized carbons (Fsp3) is 0.240. The highest BCUT2D eigenvalue weighted by Gasteiger charge is 2.21. The van der Waals surface area contributed by atoms with Crippen molar-refractivity contribution in [2.75, 3.05) is 0 Å². The Kier molecular flexibility index (Phi) is 5.80. The predicted octanol–water partition coefficient (Wildman–Crippen LogP) is 5.68. The van der Waals surface area contributed by atoms with Gasteiger partial charge < -0.3 is 15.7 Å². The van der Waals surface area contributed by atoms with Gasteiger partial charge in [-0.3, -0.25) is 0 Å². The minimum absolute atomic E-state index is 0.153. The molecular formula is C25H26N2O2. The van der Waals surface area contributed by atoms with E-state index in [1.807, 2.05) is 36.4 Å². The number of ether oxygens (including phenoxy) is 1. The van der Waals surface area contributed by atoms with Gasteiger partial charge in [-0.25, -0.2) is 0 Å². The number of nitrogens with two attached hydrogens (primary N) is 1. The van der Waals surface area contributed by atoms with Gasteiger partial charge in [0.1, 0.15) is 12.4 Å². The number of rotatable bonds is 6. The van der Waals surface area contributed by atoms with Crippen LogP contribution in [0.25, 0.3) is 11.1 Å². The van der Waals surface area contributed by atoms with Gasteiger partial charge in [0.25, 0.3) is 0 Å². The molecule has 0 aromatic heterocycles. The van der Waals surface area contributed by atoms with E-state index in [1.165, 1.54) is 36.8 Å². The summed E-state index contributed by atoms with van der Waals surface area (Å²) in [6, 6.07) is 24.5. The Hall–Kier alpha value is -3.27. The predicted molar refractivity (Wildman–Crippen MR) is 116 cm³/mol. The minimum atomic E-state index is 0.153. The van der Waals surface area contributed by atoms with Gasteiger partial charge in [-0.05, 0) is 59.2 Å². The van der Waals surface area contributed by atoms with E-state index in [0.717, 1.165) is 22.4 Å². The van der Waals surface area contributed by atoms with Crippen molar-refractivity contribution in [2.24, 2.45) is 10.9 Å². The Morgan fingerprint density at radius 3 is 2.38 bits per heavy atom. The molecule has 3 aromatic carbocycles. The van der Waals surface area contributed by atoms with Gasteiger partial charge in [-0.2, -0.15) is 0 Å². The van der Waals surface area contributed by atoms with Crippen molar-refractivity contribution in [1.82, 2.24) is 0 Å². The summed E-state index contributed by atoms with van der Waals surface area (Å²) in [6.07, 6.45) is 4.88. The van der Waals surface area contributed by atoms with Crippen LogP contribution in [0.2, 0.25) is 0 Å². The van der Waals surface area contributed by atoms with Crippen LogP contribution in [0.5, 0.6) is 5.75 Å². The van der Waals surface area contributed by atoms with Crippen LogP contribution in [0.15, 0.2) is 78.0 Å². The van der Waals surface area contributed by atoms with E-state index in [-0.39, 0.29) is 5.84 Å². The molecule has 1 aliphatic rings. The van der Waals surface area contributed by atoms with Crippen LogP contribution in [0, 0.1) is 0 Å². The van der Waals surface area contributed by atoms with Gasteiger partial charge in [0.15, 0.2) is 5.84 Å². The smallest absolute Gasteiger partial charge is 0.170 e. The molecule has 0 unspecified atom stereocenters. The summed E-state index contributed by atoms with van der Waals surface area (Å²) in [7, 11) is 0. The summed E-state index contributed by atoms with van der Waals surface area (Å²) in [4.78, 5) is 0. The quantitative estimate of drug-likeness (QED) is 0.248. The maximum absolute atomic E-state index is 9.04. The summed E-state index contributed by atoms with van der Waals surface area (Å²) in [5, 5.41) is 12.2. The Balaban J connectivity index is 1.58. The monoisotopic (exact) mass is 386 g/mol. The summed E-state index contributed by atoms with van der Waals surface area (Å²) in [5.74, 6) is 1.53. The Bertz CT molecular complexity index is 975. The van der Waals surface area contributed by atoms with Crippen LogP contribution >= 0.6 is 0 Å². The van der Waals surface area contributed by atoms with Gasteiger partial charge in [-0.1, -0.05) is 72.6 Å². The van der Waals surface area contributed by atoms with Crippen LogP contribution in [-0.4, -0.2) is 11.0 Å². The van der Waals surface area contributed by atoms with Crippen LogP contribution in [-0.2, 0) is 6.61 Å². The van der Waals surface area contributed by atoms with Crippen molar-refractivity contribution < 1.29 is 9.94 Å². The highest BCUT2D eigenvalue weighted by molar-refractivity contribution is 5.97. The van der Waals surface area contributed by atoms with E-state index in [4.69, 9.17) is 15.7 Å². The number of nitrogens with zero attached hydrogens (tertiary/aromatic N) is 1. The fourth-order valence-electron chi connectivity index (χ4n) is 4.09. The number of oxime groups is 1. The van der Waals surface area contributed by atoms with Crippen molar-refractivity contribution in [3.63, 3.8) is 0 Å². The zero-order valence-electron chi connectivity index (χ0n) is 16.4. The highest BCUT2D eigenvalue weighted by Crippen LogP contribution is 2.40. The number of hydrogen-bond donors (Lipinski definition) is 2. The van der Waals surface area contributed by atoms with Crippen LogP contribution in [0.3, 0.4) is 0 Å². The third kappa shape index (κ3) is 4.43. The molecule has 0 bridgehead atoms. The van der Waals surface area contributed by atoms with Crippen molar-refractivity contribution in [1.29, 1.82) is 0 Å². The van der Waals surface area contributed by atoms with E-state index in [9.17, 15) is 0 Å². The summed E-state index contributed by atoms with van der Waals surface area (Å²) in [5.41, 5.74) is 11.4. The molecule has 29 heavy (non-hydrogen) atoms. The average Bonchev–Trinajstić information content (AvgIpc) is 3.33. The van der Waals surface area contributed by atoms with E-state index < -0.39 is 0 Å². The van der Waals surface area contributed by atoms with Crippen molar-refractivity contribution in [2.45, 2.75) is 38.2 Å². The average molecular weight is 386 g/mol. The molecule has 3 N–H and O–H groups in total. The Morgan fingerprint density at radius 2 is 1.69 bits per heavy atom. The second-order valence-electron chi connectivity index (χ2n) is 7.57. The first-order chi connectivity index (χ1) is 14.2. The lowest BCUT2D eigenvalue weighted by Gasteiger charge is -2.17. The summed E-state index contributed by atoms with van der Waals surface area (Å²) < 4.78 is 5.92. The molecule has 4 heteroatoms. The van der Waals surface area contributed by atoms with E-state index in [0.29, 0.717) is 12.5 Å². The van der Waals surface area contributed by atoms with Crippen LogP contribution in [0.1, 0.15) is 48.3 Å². The SMILES string of the molecule is NC(=NO)c1ccc(-c2ccc(OCc3ccccc3)cc2)c(C2CCCC2)c1. The third-order valence-electron chi connectivity index (χ3n) is 5.66. The normalized spacial score (nSPS) is 14.8. The maximum atomic E-state index is 9.04.